The van der Waals surface area contributed by atoms with Crippen LogP contribution in [0.5, 0.6) is 5.75 Å². The van der Waals surface area contributed by atoms with Crippen LogP contribution in [-0.2, 0) is 16.1 Å². The number of nitrogens with one attached hydrogen (secondary N) is 2. The average molecular weight is 447 g/mol. The number of aryl methyl sites for hydroxylation is 1. The quantitative estimate of drug-likeness (QED) is 0.572. The van der Waals surface area contributed by atoms with E-state index in [9.17, 15) is 19.8 Å². The molecule has 0 bridgehead atoms. The van der Waals surface area contributed by atoms with Crippen LogP contribution in [0.25, 0.3) is 16.5 Å². The van der Waals surface area contributed by atoms with E-state index in [2.05, 4.69) is 20.1 Å². The molecular weight excluding hydrogens is 420 g/mol. The fourth-order valence-electron chi connectivity index (χ4n) is 5.91. The third-order valence-corrected chi connectivity index (χ3v) is 7.16. The Morgan fingerprint density at radius 1 is 1.18 bits per heavy atom. The highest BCUT2D eigenvalue weighted by molar-refractivity contribution is 6.15. The molecule has 8 nitrogen and oxygen atoms in total. The number of ketones is 1. The first kappa shape index (κ1) is 20.3. The number of nitrogens with zero attached hydrogens (tertiary/aromatic N) is 2. The van der Waals surface area contributed by atoms with Crippen molar-refractivity contribution in [2.75, 3.05) is 27.2 Å². The van der Waals surface area contributed by atoms with Gasteiger partial charge in [0.05, 0.1) is 17.7 Å². The first-order valence-corrected chi connectivity index (χ1v) is 11.3. The first-order valence-electron chi connectivity index (χ1n) is 11.3. The molecule has 0 radical (unpaired) electrons. The molecule has 4 aliphatic rings. The highest BCUT2D eigenvalue weighted by Gasteiger charge is 2.48. The number of carbonyl (C=O) groups is 2. The van der Waals surface area contributed by atoms with Crippen molar-refractivity contribution in [3.8, 4) is 5.75 Å². The summed E-state index contributed by atoms with van der Waals surface area (Å²) in [6.45, 7) is 2.09. The Morgan fingerprint density at radius 3 is 2.79 bits per heavy atom. The lowest BCUT2D eigenvalue weighted by atomic mass is 9.80. The molecule has 6 rings (SSSR count). The number of hydrogen-bond donors (Lipinski definition) is 4. The normalized spacial score (nSPS) is 23.7. The molecule has 8 heteroatoms. The second kappa shape index (κ2) is 7.07. The van der Waals surface area contributed by atoms with Gasteiger partial charge in [0.15, 0.2) is 5.78 Å². The van der Waals surface area contributed by atoms with E-state index in [-0.39, 0.29) is 35.7 Å². The van der Waals surface area contributed by atoms with Crippen LogP contribution in [-0.4, -0.2) is 64.6 Å². The number of rotatable bonds is 4. The minimum atomic E-state index is -0.475. The van der Waals surface area contributed by atoms with Crippen molar-refractivity contribution in [1.82, 2.24) is 20.1 Å². The van der Waals surface area contributed by atoms with Crippen molar-refractivity contribution < 1.29 is 19.8 Å². The molecule has 33 heavy (non-hydrogen) atoms. The summed E-state index contributed by atoms with van der Waals surface area (Å²) in [4.78, 5) is 27.5. The Balaban J connectivity index is 1.63. The summed E-state index contributed by atoms with van der Waals surface area (Å²) >= 11 is 0. The van der Waals surface area contributed by atoms with Crippen LogP contribution in [0.4, 0.5) is 0 Å². The van der Waals surface area contributed by atoms with Crippen LogP contribution >= 0.6 is 0 Å². The van der Waals surface area contributed by atoms with E-state index in [0.717, 1.165) is 58.4 Å². The van der Waals surface area contributed by atoms with Gasteiger partial charge in [0.25, 0.3) is 5.91 Å². The Morgan fingerprint density at radius 2 is 2.00 bits per heavy atom. The number of amides is 1. The lowest BCUT2D eigenvalue weighted by molar-refractivity contribution is -0.116. The summed E-state index contributed by atoms with van der Waals surface area (Å²) in [5.41, 5.74) is 6.12. The number of allylic oxidation sites excluding steroid dienone is 1. The number of phenolic OH excluding ortho intramolecular Hbond substituents is 1. The van der Waals surface area contributed by atoms with E-state index in [1.165, 1.54) is 6.08 Å². The number of carbonyl (C=O) groups excluding carboxylic acids is 2. The molecule has 2 aliphatic carbocycles. The van der Waals surface area contributed by atoms with E-state index in [0.29, 0.717) is 12.1 Å². The van der Waals surface area contributed by atoms with E-state index in [4.69, 9.17) is 0 Å². The molecule has 1 amide bonds. The van der Waals surface area contributed by atoms with Crippen LogP contribution in [0.15, 0.2) is 46.8 Å². The van der Waals surface area contributed by atoms with Crippen molar-refractivity contribution >= 4 is 28.2 Å². The van der Waals surface area contributed by atoms with Gasteiger partial charge in [-0.1, -0.05) is 0 Å². The molecule has 2 aliphatic heterocycles. The zero-order valence-corrected chi connectivity index (χ0v) is 18.6. The third-order valence-electron chi connectivity index (χ3n) is 7.16. The molecule has 0 fully saturated rings. The van der Waals surface area contributed by atoms with E-state index >= 15 is 0 Å². The number of benzene rings is 1. The zero-order chi connectivity index (χ0) is 23.0. The van der Waals surface area contributed by atoms with Gasteiger partial charge in [-0.25, -0.2) is 0 Å². The van der Waals surface area contributed by atoms with Gasteiger partial charge >= 0.3 is 0 Å². The lowest BCUT2D eigenvalue weighted by Crippen LogP contribution is -2.34. The maximum Gasteiger partial charge on any atom is 0.252 e. The molecule has 2 unspecified atom stereocenters. The molecule has 1 aromatic carbocycles. The van der Waals surface area contributed by atoms with Crippen molar-refractivity contribution in [3.05, 3.63) is 58.0 Å². The summed E-state index contributed by atoms with van der Waals surface area (Å²) < 4.78 is 2.28. The number of aliphatic hydroxyl groups is 1. The van der Waals surface area contributed by atoms with E-state index in [1.54, 1.807) is 12.1 Å². The second-order valence-electron chi connectivity index (χ2n) is 9.49. The van der Waals surface area contributed by atoms with Gasteiger partial charge in [-0.3, -0.25) is 14.9 Å². The first-order chi connectivity index (χ1) is 15.8. The van der Waals surface area contributed by atoms with Crippen molar-refractivity contribution in [3.63, 3.8) is 0 Å². The third kappa shape index (κ3) is 2.84. The number of aliphatic hydroxyl groups excluding tert-OH is 1. The number of aromatic hydroxyl groups is 1. The number of phenols is 1. The van der Waals surface area contributed by atoms with Crippen LogP contribution in [0.1, 0.15) is 30.1 Å². The molecule has 2 atom stereocenters. The largest absolute Gasteiger partial charge is 0.510 e. The number of fused-ring (bicyclic) bond motifs is 8. The van der Waals surface area contributed by atoms with Gasteiger partial charge in [0, 0.05) is 47.7 Å². The minimum Gasteiger partial charge on any atom is -0.510 e. The predicted octanol–water partition coefficient (Wildman–Crippen LogP) is 1.92. The number of aromatic nitrogens is 1. The molecule has 0 saturated carbocycles. The monoisotopic (exact) mass is 446 g/mol. The van der Waals surface area contributed by atoms with Crippen molar-refractivity contribution in [2.45, 2.75) is 31.5 Å². The van der Waals surface area contributed by atoms with Gasteiger partial charge in [0.1, 0.15) is 11.5 Å². The molecule has 3 heterocycles. The number of hydrogen-bond acceptors (Lipinski definition) is 6. The van der Waals surface area contributed by atoms with Crippen molar-refractivity contribution in [1.29, 1.82) is 0 Å². The van der Waals surface area contributed by atoms with Crippen molar-refractivity contribution in [2.24, 2.45) is 0 Å². The lowest BCUT2D eigenvalue weighted by Gasteiger charge is -2.27. The van der Waals surface area contributed by atoms with E-state index < -0.39 is 6.04 Å². The predicted molar refractivity (Wildman–Crippen MR) is 124 cm³/mol. The molecule has 4 N–H and O–H groups in total. The Bertz CT molecular complexity index is 1340. The molecule has 0 spiro atoms. The maximum atomic E-state index is 13.0. The highest BCUT2D eigenvalue weighted by Crippen LogP contribution is 2.52. The molecule has 2 aromatic rings. The van der Waals surface area contributed by atoms with Gasteiger partial charge in [-0.2, -0.15) is 0 Å². The summed E-state index contributed by atoms with van der Waals surface area (Å²) in [5.74, 6) is -0.131. The van der Waals surface area contributed by atoms with Gasteiger partial charge < -0.3 is 25.0 Å². The zero-order valence-electron chi connectivity index (χ0n) is 18.6. The van der Waals surface area contributed by atoms with Crippen LogP contribution in [0, 0.1) is 0 Å². The molecule has 170 valence electrons. The van der Waals surface area contributed by atoms with Gasteiger partial charge in [-0.05, 0) is 62.0 Å². The molecule has 1 aromatic heterocycles. The Hall–Kier alpha value is -3.36. The van der Waals surface area contributed by atoms with Crippen LogP contribution in [0.3, 0.4) is 0 Å². The Labute approximate surface area is 190 Å². The molecule has 0 saturated heterocycles. The minimum absolute atomic E-state index is 0.00170. The summed E-state index contributed by atoms with van der Waals surface area (Å²) in [5, 5.41) is 28.3. The van der Waals surface area contributed by atoms with Gasteiger partial charge in [-0.15, -0.1) is 0 Å². The fourth-order valence-corrected chi connectivity index (χ4v) is 5.91. The van der Waals surface area contributed by atoms with E-state index in [1.807, 2.05) is 20.2 Å². The van der Waals surface area contributed by atoms with Crippen LogP contribution in [0.2, 0.25) is 0 Å². The highest BCUT2D eigenvalue weighted by atomic mass is 16.3. The second-order valence-corrected chi connectivity index (χ2v) is 9.49. The average Bonchev–Trinajstić information content (AvgIpc) is 3.40. The maximum absolute atomic E-state index is 13.0. The summed E-state index contributed by atoms with van der Waals surface area (Å²) in [6, 6.07) is 4.59. The standard InChI is InChI=1S/C25H26N4O4/c1-28(2)6-3-7-29-17-5-4-12(30)8-14(17)19-16-11-26-25(33)21(16)20-15-9-13(31)10-18(32)22(15)27-23(20)24(19)29/h4-5,8,10,22-23,27,30,32H,3,6-7,9,11H2,1-2H3,(H,26,33). The topological polar surface area (TPSA) is 107 Å². The fraction of sp³-hybridized carbons (Fsp3) is 0.360. The SMILES string of the molecule is CN(C)CCCn1c2c(c3cc(O)ccc31)C1=C(C(=O)NC1)C1=C3CC(=O)C=C(O)C3NC12. The van der Waals surface area contributed by atoms with Gasteiger partial charge in [0.2, 0.25) is 0 Å². The smallest absolute Gasteiger partial charge is 0.252 e. The summed E-state index contributed by atoms with van der Waals surface area (Å²) in [7, 11) is 4.10. The Kier molecular flexibility index (Phi) is 4.34. The molecular formula is C25H26N4O4. The summed E-state index contributed by atoms with van der Waals surface area (Å²) in [6.07, 6.45) is 2.40. The van der Waals surface area contributed by atoms with Crippen LogP contribution < -0.4 is 10.6 Å².